The molecule has 4 atom stereocenters. The van der Waals surface area contributed by atoms with Crippen LogP contribution in [0.3, 0.4) is 0 Å². The number of benzene rings is 3. The van der Waals surface area contributed by atoms with Crippen LogP contribution in [-0.4, -0.2) is 84.6 Å². The molecule has 252 valence electrons. The van der Waals surface area contributed by atoms with Crippen LogP contribution in [0.2, 0.25) is 5.02 Å². The number of aromatic nitrogens is 2. The van der Waals surface area contributed by atoms with Crippen LogP contribution in [-0.2, 0) is 11.2 Å². The number of phenols is 1. The van der Waals surface area contributed by atoms with Crippen molar-refractivity contribution in [2.75, 3.05) is 57.4 Å². The topological polar surface area (TPSA) is 83.0 Å². The fourth-order valence-corrected chi connectivity index (χ4v) is 9.15. The highest BCUT2D eigenvalue weighted by Gasteiger charge is 2.48. The van der Waals surface area contributed by atoms with Crippen LogP contribution in [0, 0.1) is 28.9 Å². The number of piperazine rings is 1. The number of fused-ring (bicyclic) bond motifs is 5. The average Bonchev–Trinajstić information content (AvgIpc) is 3.31. The van der Waals surface area contributed by atoms with Crippen molar-refractivity contribution in [2.24, 2.45) is 17.3 Å². The van der Waals surface area contributed by atoms with Gasteiger partial charge in [0.15, 0.2) is 5.82 Å². The van der Waals surface area contributed by atoms with Crippen LogP contribution < -0.4 is 15.0 Å². The average molecular weight is 676 g/mol. The molecule has 8 nitrogen and oxygen atoms in total. The molecule has 1 aliphatic carbocycles. The quantitative estimate of drug-likeness (QED) is 0.224. The van der Waals surface area contributed by atoms with Crippen LogP contribution in [0.5, 0.6) is 11.8 Å². The second kappa shape index (κ2) is 11.6. The molecule has 1 aromatic heterocycles. The SMILES string of the molecule is CCc1c(F)ccc2cc(O)cc(-c3c(Cl)cc4c(N5CC6CCC(C5)N6)nc(OCC5(CN6C[C@H]7COC[C@H]7C6)CC5)nc4c3F)c12. The lowest BCUT2D eigenvalue weighted by Gasteiger charge is -2.34. The first-order valence-electron chi connectivity index (χ1n) is 17.4. The summed E-state index contributed by atoms with van der Waals surface area (Å²) in [6.07, 6.45) is 4.71. The summed E-state index contributed by atoms with van der Waals surface area (Å²) < 4.78 is 44.3. The number of aromatic hydroxyl groups is 1. The Hall–Kier alpha value is -3.31. The molecule has 2 bridgehead atoms. The van der Waals surface area contributed by atoms with Gasteiger partial charge >= 0.3 is 6.01 Å². The maximum absolute atomic E-state index is 17.1. The number of aryl methyl sites for hydroxylation is 1. The van der Waals surface area contributed by atoms with Crippen LogP contribution in [0.4, 0.5) is 14.6 Å². The Morgan fingerprint density at radius 3 is 2.50 bits per heavy atom. The number of ether oxygens (including phenoxy) is 2. The Morgan fingerprint density at radius 1 is 1.04 bits per heavy atom. The number of nitrogens with one attached hydrogen (secondary N) is 1. The maximum Gasteiger partial charge on any atom is 0.319 e. The van der Waals surface area contributed by atoms with Gasteiger partial charge in [0.25, 0.3) is 0 Å². The van der Waals surface area contributed by atoms with Crippen molar-refractivity contribution in [3.63, 3.8) is 0 Å². The Bertz CT molecular complexity index is 1920. The molecule has 4 aromatic rings. The van der Waals surface area contributed by atoms with E-state index in [4.69, 9.17) is 31.0 Å². The van der Waals surface area contributed by atoms with Gasteiger partial charge in [-0.3, -0.25) is 0 Å². The van der Waals surface area contributed by atoms with Gasteiger partial charge in [-0.1, -0.05) is 24.6 Å². The van der Waals surface area contributed by atoms with Crippen LogP contribution in [0.15, 0.2) is 30.3 Å². The smallest absolute Gasteiger partial charge is 0.319 e. The second-order valence-electron chi connectivity index (χ2n) is 14.8. The summed E-state index contributed by atoms with van der Waals surface area (Å²) in [6, 6.07) is 8.53. The lowest BCUT2D eigenvalue weighted by atomic mass is 9.92. The third-order valence-electron chi connectivity index (χ3n) is 11.5. The molecule has 0 amide bonds. The van der Waals surface area contributed by atoms with E-state index in [2.05, 4.69) is 15.1 Å². The van der Waals surface area contributed by atoms with E-state index in [1.165, 1.54) is 12.1 Å². The van der Waals surface area contributed by atoms with Crippen molar-refractivity contribution in [1.82, 2.24) is 20.2 Å². The van der Waals surface area contributed by atoms with Crippen molar-refractivity contribution < 1.29 is 23.4 Å². The molecule has 0 spiro atoms. The molecule has 5 fully saturated rings. The van der Waals surface area contributed by atoms with E-state index in [9.17, 15) is 5.11 Å². The summed E-state index contributed by atoms with van der Waals surface area (Å²) in [6.45, 7) is 8.62. The first-order chi connectivity index (χ1) is 23.3. The fraction of sp³-hybridized carbons (Fsp3) is 0.514. The van der Waals surface area contributed by atoms with Gasteiger partial charge in [-0.05, 0) is 78.3 Å². The summed E-state index contributed by atoms with van der Waals surface area (Å²) in [5.74, 6) is 0.768. The first kappa shape index (κ1) is 30.7. The minimum absolute atomic E-state index is 0.0386. The second-order valence-corrected chi connectivity index (χ2v) is 15.2. The molecule has 11 heteroatoms. The van der Waals surface area contributed by atoms with Gasteiger partial charge in [0.1, 0.15) is 22.9 Å². The van der Waals surface area contributed by atoms with Gasteiger partial charge in [0.05, 0.1) is 24.8 Å². The zero-order valence-corrected chi connectivity index (χ0v) is 27.8. The van der Waals surface area contributed by atoms with E-state index in [-0.39, 0.29) is 39.1 Å². The molecule has 9 rings (SSSR count). The zero-order valence-electron chi connectivity index (χ0n) is 27.1. The van der Waals surface area contributed by atoms with Crippen molar-refractivity contribution in [1.29, 1.82) is 0 Å². The largest absolute Gasteiger partial charge is 0.508 e. The van der Waals surface area contributed by atoms with Crippen molar-refractivity contribution in [3.05, 3.63) is 52.6 Å². The lowest BCUT2D eigenvalue weighted by molar-refractivity contribution is 0.131. The molecule has 2 N–H and O–H groups in total. The molecule has 48 heavy (non-hydrogen) atoms. The molecule has 5 heterocycles. The summed E-state index contributed by atoms with van der Waals surface area (Å²) in [7, 11) is 0. The van der Waals surface area contributed by atoms with Crippen LogP contribution in [0.1, 0.15) is 38.2 Å². The molecule has 4 aliphatic heterocycles. The highest BCUT2D eigenvalue weighted by molar-refractivity contribution is 6.35. The number of halogens is 3. The van der Waals surface area contributed by atoms with Crippen molar-refractivity contribution in [3.8, 4) is 22.9 Å². The summed E-state index contributed by atoms with van der Waals surface area (Å²) in [4.78, 5) is 14.4. The molecular formula is C37H40ClF2N5O3. The molecule has 0 radical (unpaired) electrons. The summed E-state index contributed by atoms with van der Waals surface area (Å²) in [5.41, 5.74) is 0.973. The monoisotopic (exact) mass is 675 g/mol. The van der Waals surface area contributed by atoms with Gasteiger partial charge in [0.2, 0.25) is 0 Å². The number of hydrogen-bond acceptors (Lipinski definition) is 8. The van der Waals surface area contributed by atoms with Crippen LogP contribution in [0.25, 0.3) is 32.8 Å². The van der Waals surface area contributed by atoms with E-state index >= 15 is 8.78 Å². The summed E-state index contributed by atoms with van der Waals surface area (Å²) in [5, 5.41) is 16.1. The van der Waals surface area contributed by atoms with Gasteiger partial charge in [0, 0.05) is 73.0 Å². The standard InChI is InChI=1S/C37H40ClF2N5O3/c1-2-26-30(39)6-3-20-9-25(46)10-27(31(20)26)32-29(38)11-28-34(33(32)40)42-36(43-35(28)45-14-23-4-5-24(15-45)41-23)48-19-37(7-8-37)18-44-12-21-16-47-17-22(21)13-44/h3,6,9-11,21-24,41,46H,2,4-5,7-8,12-19H2,1H3/t21-,22+,23?,24?. The first-order valence-corrected chi connectivity index (χ1v) is 17.7. The predicted molar refractivity (Wildman–Crippen MR) is 182 cm³/mol. The lowest BCUT2D eigenvalue weighted by Crippen LogP contribution is -2.51. The molecular weight excluding hydrogens is 636 g/mol. The summed E-state index contributed by atoms with van der Waals surface area (Å²) >= 11 is 6.95. The van der Waals surface area contributed by atoms with Gasteiger partial charge in [-0.25, -0.2) is 8.78 Å². The van der Waals surface area contributed by atoms with Gasteiger partial charge < -0.3 is 29.7 Å². The maximum atomic E-state index is 17.1. The Kier molecular flexibility index (Phi) is 7.45. The van der Waals surface area contributed by atoms with Gasteiger partial charge in [-0.2, -0.15) is 9.97 Å². The molecule has 4 saturated heterocycles. The number of hydrogen-bond donors (Lipinski definition) is 2. The van der Waals surface area contributed by atoms with E-state index in [0.29, 0.717) is 70.1 Å². The molecule has 2 unspecified atom stereocenters. The Morgan fingerprint density at radius 2 is 1.79 bits per heavy atom. The molecule has 1 saturated carbocycles. The highest BCUT2D eigenvalue weighted by atomic mass is 35.5. The number of likely N-dealkylation sites (tertiary alicyclic amines) is 1. The zero-order chi connectivity index (χ0) is 32.7. The van der Waals surface area contributed by atoms with E-state index in [1.54, 1.807) is 18.2 Å². The van der Waals surface area contributed by atoms with Gasteiger partial charge in [-0.15, -0.1) is 0 Å². The van der Waals surface area contributed by atoms with Crippen molar-refractivity contribution in [2.45, 2.75) is 51.1 Å². The number of phenolic OH excluding ortho intramolecular Hbond substituents is 1. The minimum atomic E-state index is -0.644. The predicted octanol–water partition coefficient (Wildman–Crippen LogP) is 6.33. The normalized spacial score (nSPS) is 26.1. The number of rotatable bonds is 8. The Labute approximate surface area is 283 Å². The minimum Gasteiger partial charge on any atom is -0.508 e. The number of anilines is 1. The molecule has 5 aliphatic rings. The fourth-order valence-electron chi connectivity index (χ4n) is 8.86. The third-order valence-corrected chi connectivity index (χ3v) is 11.8. The molecule has 3 aromatic carbocycles. The van der Waals surface area contributed by atoms with E-state index < -0.39 is 5.82 Å². The number of nitrogens with zero attached hydrogens (tertiary/aromatic N) is 4. The third kappa shape index (κ3) is 5.27. The highest BCUT2D eigenvalue weighted by Crippen LogP contribution is 2.48. The van der Waals surface area contributed by atoms with Crippen LogP contribution >= 0.6 is 11.6 Å². The Balaban J connectivity index is 1.12. The van der Waals surface area contributed by atoms with E-state index in [0.717, 1.165) is 71.6 Å². The van der Waals surface area contributed by atoms with Crippen molar-refractivity contribution >= 4 is 39.1 Å². The van der Waals surface area contributed by atoms with E-state index in [1.807, 2.05) is 6.92 Å².